The van der Waals surface area contributed by atoms with Gasteiger partial charge in [-0.25, -0.2) is 13.1 Å². The largest absolute Gasteiger partial charge is 0.538 e. The number of benzene rings is 1. The SMILES string of the molecule is C[Si](C)(C)Oc1c(NS(=O)(=O)CCCBr)oc(-c2ccccc2)c1O. The second-order valence-electron chi connectivity index (χ2n) is 6.48. The highest BCUT2D eigenvalue weighted by Gasteiger charge is 2.29. The zero-order valence-corrected chi connectivity index (χ0v) is 17.8. The van der Waals surface area contributed by atoms with Gasteiger partial charge in [-0.05, 0) is 26.1 Å². The Labute approximate surface area is 157 Å². The van der Waals surface area contributed by atoms with E-state index in [1.54, 1.807) is 24.3 Å². The van der Waals surface area contributed by atoms with Gasteiger partial charge in [0.05, 0.1) is 5.75 Å². The van der Waals surface area contributed by atoms with Crippen molar-refractivity contribution in [1.82, 2.24) is 0 Å². The Morgan fingerprint density at radius 3 is 2.44 bits per heavy atom. The molecule has 0 atom stereocenters. The highest BCUT2D eigenvalue weighted by Crippen LogP contribution is 2.47. The summed E-state index contributed by atoms with van der Waals surface area (Å²) in [7, 11) is -5.72. The molecule has 0 saturated carbocycles. The highest BCUT2D eigenvalue weighted by molar-refractivity contribution is 9.09. The fourth-order valence-corrected chi connectivity index (χ4v) is 4.59. The summed E-state index contributed by atoms with van der Waals surface area (Å²) in [4.78, 5) is 0. The summed E-state index contributed by atoms with van der Waals surface area (Å²) in [6, 6.07) is 8.97. The van der Waals surface area contributed by atoms with E-state index in [1.165, 1.54) is 0 Å². The van der Waals surface area contributed by atoms with Crippen molar-refractivity contribution in [2.45, 2.75) is 26.1 Å². The lowest BCUT2D eigenvalue weighted by atomic mass is 10.1. The van der Waals surface area contributed by atoms with Crippen LogP contribution in [0.25, 0.3) is 11.3 Å². The summed E-state index contributed by atoms with van der Waals surface area (Å²) >= 11 is 3.21. The van der Waals surface area contributed by atoms with Crippen LogP contribution >= 0.6 is 15.9 Å². The van der Waals surface area contributed by atoms with Crippen molar-refractivity contribution in [1.29, 1.82) is 0 Å². The number of nitrogens with one attached hydrogen (secondary N) is 1. The summed E-state index contributed by atoms with van der Waals surface area (Å²) in [5, 5.41) is 11.1. The molecule has 9 heteroatoms. The number of hydrogen-bond donors (Lipinski definition) is 2. The lowest BCUT2D eigenvalue weighted by molar-refractivity contribution is 0.440. The first-order chi connectivity index (χ1) is 11.6. The first kappa shape index (κ1) is 19.9. The summed E-state index contributed by atoms with van der Waals surface area (Å²) in [5.74, 6) is -0.139. The molecule has 1 heterocycles. The van der Waals surface area contributed by atoms with E-state index < -0.39 is 18.3 Å². The number of rotatable bonds is 8. The number of furan rings is 1. The second kappa shape index (κ2) is 7.84. The molecule has 0 aliphatic carbocycles. The van der Waals surface area contributed by atoms with Crippen LogP contribution < -0.4 is 9.15 Å². The van der Waals surface area contributed by atoms with Gasteiger partial charge >= 0.3 is 0 Å². The van der Waals surface area contributed by atoms with Gasteiger partial charge in [0.15, 0.2) is 5.76 Å². The Bertz CT molecular complexity index is 815. The lowest BCUT2D eigenvalue weighted by Crippen LogP contribution is -2.29. The average molecular weight is 448 g/mol. The van der Waals surface area contributed by atoms with Crippen molar-refractivity contribution in [3.63, 3.8) is 0 Å². The molecule has 0 aliphatic rings. The first-order valence-corrected chi connectivity index (χ1v) is 14.0. The van der Waals surface area contributed by atoms with Crippen molar-refractivity contribution in [2.24, 2.45) is 0 Å². The maximum atomic E-state index is 12.2. The fraction of sp³-hybridized carbons (Fsp3) is 0.375. The van der Waals surface area contributed by atoms with E-state index in [2.05, 4.69) is 20.7 Å². The normalized spacial score (nSPS) is 12.2. The zero-order valence-electron chi connectivity index (χ0n) is 14.4. The molecule has 0 spiro atoms. The van der Waals surface area contributed by atoms with E-state index in [0.29, 0.717) is 17.3 Å². The van der Waals surface area contributed by atoms with Crippen LogP contribution in [0.4, 0.5) is 5.88 Å². The van der Waals surface area contributed by atoms with Crippen LogP contribution in [0.2, 0.25) is 19.6 Å². The van der Waals surface area contributed by atoms with Crippen LogP contribution in [0.1, 0.15) is 6.42 Å². The number of sulfonamides is 1. The number of hydrogen-bond acceptors (Lipinski definition) is 5. The van der Waals surface area contributed by atoms with E-state index in [1.807, 2.05) is 25.7 Å². The van der Waals surface area contributed by atoms with E-state index in [9.17, 15) is 13.5 Å². The average Bonchev–Trinajstić information content (AvgIpc) is 2.81. The van der Waals surface area contributed by atoms with Gasteiger partial charge in [-0.3, -0.25) is 0 Å². The van der Waals surface area contributed by atoms with Crippen molar-refractivity contribution < 1.29 is 22.4 Å². The van der Waals surface area contributed by atoms with Crippen LogP contribution in [-0.2, 0) is 10.0 Å². The molecule has 0 fully saturated rings. The zero-order chi connectivity index (χ0) is 18.7. The van der Waals surface area contributed by atoms with Gasteiger partial charge in [0.2, 0.25) is 29.8 Å². The van der Waals surface area contributed by atoms with Crippen molar-refractivity contribution in [2.75, 3.05) is 15.8 Å². The van der Waals surface area contributed by atoms with Crippen molar-refractivity contribution >= 4 is 40.2 Å². The van der Waals surface area contributed by atoms with Gasteiger partial charge in [0.1, 0.15) is 0 Å². The van der Waals surface area contributed by atoms with Crippen molar-refractivity contribution in [3.05, 3.63) is 30.3 Å². The van der Waals surface area contributed by atoms with Gasteiger partial charge in [0, 0.05) is 10.9 Å². The van der Waals surface area contributed by atoms with E-state index in [-0.39, 0.29) is 28.9 Å². The van der Waals surface area contributed by atoms with E-state index >= 15 is 0 Å². The van der Waals surface area contributed by atoms with Gasteiger partial charge < -0.3 is 13.9 Å². The third-order valence-electron chi connectivity index (χ3n) is 3.08. The highest BCUT2D eigenvalue weighted by atomic mass is 79.9. The predicted octanol–water partition coefficient (Wildman–Crippen LogP) is 4.39. The lowest BCUT2D eigenvalue weighted by Gasteiger charge is -2.19. The quantitative estimate of drug-likeness (QED) is 0.462. The van der Waals surface area contributed by atoms with Crippen LogP contribution in [0.3, 0.4) is 0 Å². The van der Waals surface area contributed by atoms with Crippen LogP contribution in [0.15, 0.2) is 34.7 Å². The number of anilines is 1. The smallest absolute Gasteiger partial charge is 0.252 e. The molecule has 0 aliphatic heterocycles. The predicted molar refractivity (Wildman–Crippen MR) is 106 cm³/mol. The maximum Gasteiger partial charge on any atom is 0.252 e. The van der Waals surface area contributed by atoms with Gasteiger partial charge in [-0.1, -0.05) is 46.3 Å². The molecule has 1 aromatic heterocycles. The molecular formula is C16H22BrNO5SSi. The number of halogens is 1. The first-order valence-electron chi connectivity index (χ1n) is 7.79. The Hall–Kier alpha value is -1.45. The van der Waals surface area contributed by atoms with Crippen molar-refractivity contribution in [3.8, 4) is 22.8 Å². The molecule has 2 N–H and O–H groups in total. The molecule has 0 amide bonds. The molecule has 138 valence electrons. The van der Waals surface area contributed by atoms with Crippen LogP contribution in [0, 0.1) is 0 Å². The van der Waals surface area contributed by atoms with Crippen LogP contribution in [0.5, 0.6) is 11.5 Å². The molecule has 25 heavy (non-hydrogen) atoms. The van der Waals surface area contributed by atoms with Gasteiger partial charge in [0.25, 0.3) is 5.88 Å². The molecule has 2 aromatic rings. The molecule has 6 nitrogen and oxygen atoms in total. The van der Waals surface area contributed by atoms with E-state index in [4.69, 9.17) is 8.84 Å². The summed E-state index contributed by atoms with van der Waals surface area (Å²) in [6.07, 6.45) is 0.456. The molecule has 1 aromatic carbocycles. The Balaban J connectivity index is 2.46. The molecule has 0 bridgehead atoms. The third-order valence-corrected chi connectivity index (χ3v) is 5.78. The standard InChI is InChI=1S/C16H22BrNO5SSi/c1-25(2,3)23-15-13(19)14(12-8-5-4-6-9-12)22-16(15)18-24(20,21)11-7-10-17/h4-6,8-9,18-19H,7,10-11H2,1-3H3. The molecular weight excluding hydrogens is 426 g/mol. The molecule has 2 rings (SSSR count). The summed E-state index contributed by atoms with van der Waals surface area (Å²) in [5.41, 5.74) is 0.631. The van der Waals surface area contributed by atoms with E-state index in [0.717, 1.165) is 0 Å². The van der Waals surface area contributed by atoms with Crippen LogP contribution in [-0.4, -0.2) is 32.9 Å². The molecule has 0 unspecified atom stereocenters. The fourth-order valence-electron chi connectivity index (χ4n) is 2.10. The van der Waals surface area contributed by atoms with Gasteiger partial charge in [-0.15, -0.1) is 0 Å². The second-order valence-corrected chi connectivity index (χ2v) is 13.5. The number of aromatic hydroxyl groups is 1. The van der Waals surface area contributed by atoms with Gasteiger partial charge in [-0.2, -0.15) is 0 Å². The third kappa shape index (κ3) is 5.51. The minimum atomic E-state index is -3.61. The summed E-state index contributed by atoms with van der Waals surface area (Å²) in [6.45, 7) is 5.81. The Morgan fingerprint density at radius 1 is 1.24 bits per heavy atom. The molecule has 0 saturated heterocycles. The minimum absolute atomic E-state index is 0.0421. The minimum Gasteiger partial charge on any atom is -0.538 e. The maximum absolute atomic E-state index is 12.2. The monoisotopic (exact) mass is 447 g/mol. The Kier molecular flexibility index (Phi) is 6.23. The topological polar surface area (TPSA) is 88.8 Å². The molecule has 0 radical (unpaired) electrons. The Morgan fingerprint density at radius 2 is 1.88 bits per heavy atom. The summed E-state index contributed by atoms with van der Waals surface area (Å²) < 4.78 is 38.3. The number of alkyl halides is 1.